The van der Waals surface area contributed by atoms with E-state index in [1.807, 2.05) is 27.7 Å². The van der Waals surface area contributed by atoms with Crippen LogP contribution in [0.25, 0.3) is 0 Å². The van der Waals surface area contributed by atoms with E-state index in [9.17, 15) is 9.59 Å². The molecule has 0 fully saturated rings. The average Bonchev–Trinajstić information content (AvgIpc) is 2.37. The summed E-state index contributed by atoms with van der Waals surface area (Å²) in [4.78, 5) is 22.0. The second-order valence-corrected chi connectivity index (χ2v) is 3.40. The number of nitrogens with one attached hydrogen (secondary N) is 1. The van der Waals surface area contributed by atoms with Crippen LogP contribution in [0, 0.1) is 0 Å². The van der Waals surface area contributed by atoms with E-state index in [1.165, 1.54) is 0 Å². The molecule has 0 aromatic carbocycles. The van der Waals surface area contributed by atoms with E-state index >= 15 is 0 Å². The summed E-state index contributed by atoms with van der Waals surface area (Å²) in [6, 6.07) is 0. The maximum absolute atomic E-state index is 11.1. The van der Waals surface area contributed by atoms with Crippen LogP contribution in [0.3, 0.4) is 0 Å². The predicted molar refractivity (Wildman–Crippen MR) is 70.0 cm³/mol. The van der Waals surface area contributed by atoms with Gasteiger partial charge in [-0.1, -0.05) is 27.7 Å². The summed E-state index contributed by atoms with van der Waals surface area (Å²) in [6.45, 7) is 9.13. The molecule has 0 aliphatic carbocycles. The van der Waals surface area contributed by atoms with Crippen molar-refractivity contribution in [3.8, 4) is 0 Å². The van der Waals surface area contributed by atoms with Crippen LogP contribution in [0.1, 0.15) is 53.4 Å². The van der Waals surface area contributed by atoms with Crippen LogP contribution in [-0.2, 0) is 14.3 Å². The van der Waals surface area contributed by atoms with Crippen molar-refractivity contribution in [2.75, 3.05) is 19.8 Å². The summed E-state index contributed by atoms with van der Waals surface area (Å²) >= 11 is 0. The summed E-state index contributed by atoms with van der Waals surface area (Å²) in [6.07, 6.45) is 2.75. The molecule has 0 aliphatic rings. The Bertz CT molecular complexity index is 193. The molecule has 1 amide bonds. The fourth-order valence-corrected chi connectivity index (χ4v) is 1.05. The third-order valence-electron chi connectivity index (χ3n) is 1.93. The summed E-state index contributed by atoms with van der Waals surface area (Å²) < 4.78 is 5.06. The zero-order valence-electron chi connectivity index (χ0n) is 11.7. The number of hydrogen-bond donors (Lipinski definition) is 1. The first-order valence-corrected chi connectivity index (χ1v) is 6.56. The molecule has 0 unspecified atom stereocenters. The third kappa shape index (κ3) is 15.1. The van der Waals surface area contributed by atoms with Gasteiger partial charge >= 0.3 is 0 Å². The summed E-state index contributed by atoms with van der Waals surface area (Å²) in [5.41, 5.74) is 0. The molecule has 0 spiro atoms. The van der Waals surface area contributed by atoms with Crippen molar-refractivity contribution in [1.82, 2.24) is 5.32 Å². The fourth-order valence-electron chi connectivity index (χ4n) is 1.05. The van der Waals surface area contributed by atoms with Gasteiger partial charge in [0.25, 0.3) is 0 Å². The Balaban J connectivity index is 0. The second kappa shape index (κ2) is 15.1. The Morgan fingerprint density at radius 3 is 2.35 bits per heavy atom. The molecule has 4 nitrogen and oxygen atoms in total. The minimum Gasteiger partial charge on any atom is -0.372 e. The lowest BCUT2D eigenvalue weighted by Crippen LogP contribution is -2.28. The lowest BCUT2D eigenvalue weighted by atomic mass is 10.2. The molecular formula is C13H27NO3. The molecule has 0 aromatic rings. The molecule has 0 heterocycles. The summed E-state index contributed by atoms with van der Waals surface area (Å²) in [7, 11) is 0. The van der Waals surface area contributed by atoms with E-state index in [2.05, 4.69) is 5.32 Å². The Morgan fingerprint density at radius 1 is 1.18 bits per heavy atom. The largest absolute Gasteiger partial charge is 0.372 e. The normalized spacial score (nSPS) is 9.18. The highest BCUT2D eigenvalue weighted by Gasteiger charge is 2.01. The minimum atomic E-state index is -0.104. The molecule has 0 atom stereocenters. The zero-order valence-corrected chi connectivity index (χ0v) is 11.7. The van der Waals surface area contributed by atoms with Gasteiger partial charge in [0.1, 0.15) is 12.4 Å². The van der Waals surface area contributed by atoms with Crippen molar-refractivity contribution in [2.45, 2.75) is 53.4 Å². The number of ketones is 1. The molecule has 4 heteroatoms. The highest BCUT2D eigenvalue weighted by molar-refractivity contribution is 5.78. The fraction of sp³-hybridized carbons (Fsp3) is 0.846. The van der Waals surface area contributed by atoms with Crippen molar-refractivity contribution < 1.29 is 14.3 Å². The van der Waals surface area contributed by atoms with Crippen LogP contribution in [-0.4, -0.2) is 31.4 Å². The quantitative estimate of drug-likeness (QED) is 0.634. The molecule has 1 N–H and O–H groups in total. The van der Waals surface area contributed by atoms with E-state index in [4.69, 9.17) is 4.74 Å². The van der Waals surface area contributed by atoms with Gasteiger partial charge in [0, 0.05) is 26.0 Å². The second-order valence-electron chi connectivity index (χ2n) is 3.40. The molecule has 0 aromatic heterocycles. The summed E-state index contributed by atoms with van der Waals surface area (Å²) in [5.74, 6) is 0.138. The molecule has 0 aliphatic heterocycles. The van der Waals surface area contributed by atoms with Crippen LogP contribution in [0.5, 0.6) is 0 Å². The Kier molecular flexibility index (Phi) is 16.4. The Labute approximate surface area is 105 Å². The SMILES string of the molecule is CC.CCCOCC(=O)NCCCC(=O)CC. The molecule has 0 radical (unpaired) electrons. The lowest BCUT2D eigenvalue weighted by Gasteiger charge is -2.04. The maximum Gasteiger partial charge on any atom is 0.245 e. The van der Waals surface area contributed by atoms with E-state index in [1.54, 1.807) is 0 Å². The number of carbonyl (C=O) groups excluding carboxylic acids is 2. The molecule has 0 bridgehead atoms. The van der Waals surface area contributed by atoms with Gasteiger partial charge in [0.15, 0.2) is 0 Å². The Hall–Kier alpha value is -0.900. The van der Waals surface area contributed by atoms with E-state index in [0.29, 0.717) is 32.4 Å². The molecule has 17 heavy (non-hydrogen) atoms. The first kappa shape index (κ1) is 18.5. The summed E-state index contributed by atoms with van der Waals surface area (Å²) in [5, 5.41) is 2.70. The highest BCUT2D eigenvalue weighted by Crippen LogP contribution is 1.92. The minimum absolute atomic E-state index is 0.104. The maximum atomic E-state index is 11.1. The van der Waals surface area contributed by atoms with Crippen LogP contribution in [0.4, 0.5) is 0 Å². The standard InChI is InChI=1S/C11H21NO3.C2H6/c1-3-8-15-9-11(14)12-7-5-6-10(13)4-2;1-2/h3-9H2,1-2H3,(H,12,14);1-2H3. The molecule has 0 rings (SSSR count). The number of Topliss-reactive ketones (excluding diaryl/α,β-unsaturated/α-hetero) is 1. The monoisotopic (exact) mass is 245 g/mol. The number of rotatable bonds is 9. The van der Waals surface area contributed by atoms with Gasteiger partial charge in [-0.2, -0.15) is 0 Å². The number of ether oxygens (including phenoxy) is 1. The topological polar surface area (TPSA) is 55.4 Å². The lowest BCUT2D eigenvalue weighted by molar-refractivity contribution is -0.126. The van der Waals surface area contributed by atoms with Gasteiger partial charge in [-0.3, -0.25) is 9.59 Å². The number of hydrogen-bond acceptors (Lipinski definition) is 3. The van der Waals surface area contributed by atoms with Crippen LogP contribution in [0.15, 0.2) is 0 Å². The first-order chi connectivity index (χ1) is 8.20. The van der Waals surface area contributed by atoms with E-state index < -0.39 is 0 Å². The molecule has 0 saturated carbocycles. The van der Waals surface area contributed by atoms with E-state index in [-0.39, 0.29) is 18.3 Å². The Morgan fingerprint density at radius 2 is 1.82 bits per heavy atom. The molecule has 102 valence electrons. The predicted octanol–water partition coefficient (Wildman–Crippen LogP) is 2.31. The smallest absolute Gasteiger partial charge is 0.245 e. The van der Waals surface area contributed by atoms with Crippen molar-refractivity contribution >= 4 is 11.7 Å². The van der Waals surface area contributed by atoms with Crippen LogP contribution in [0.2, 0.25) is 0 Å². The van der Waals surface area contributed by atoms with E-state index in [0.717, 1.165) is 6.42 Å². The molecule has 0 saturated heterocycles. The van der Waals surface area contributed by atoms with Gasteiger partial charge in [-0.05, 0) is 12.8 Å². The van der Waals surface area contributed by atoms with Gasteiger partial charge in [-0.15, -0.1) is 0 Å². The van der Waals surface area contributed by atoms with Crippen LogP contribution < -0.4 is 5.32 Å². The van der Waals surface area contributed by atoms with Crippen molar-refractivity contribution in [1.29, 1.82) is 0 Å². The highest BCUT2D eigenvalue weighted by atomic mass is 16.5. The third-order valence-corrected chi connectivity index (χ3v) is 1.93. The molecular weight excluding hydrogens is 218 g/mol. The zero-order chi connectivity index (χ0) is 13.5. The average molecular weight is 245 g/mol. The van der Waals surface area contributed by atoms with Gasteiger partial charge in [0.05, 0.1) is 0 Å². The van der Waals surface area contributed by atoms with Crippen molar-refractivity contribution in [3.63, 3.8) is 0 Å². The number of amides is 1. The van der Waals surface area contributed by atoms with Crippen molar-refractivity contribution in [2.24, 2.45) is 0 Å². The van der Waals surface area contributed by atoms with Gasteiger partial charge in [0.2, 0.25) is 5.91 Å². The van der Waals surface area contributed by atoms with Gasteiger partial charge < -0.3 is 10.1 Å². The van der Waals surface area contributed by atoms with Gasteiger partial charge in [-0.25, -0.2) is 0 Å². The first-order valence-electron chi connectivity index (χ1n) is 6.56. The number of carbonyl (C=O) groups is 2. The van der Waals surface area contributed by atoms with Crippen LogP contribution >= 0.6 is 0 Å². The van der Waals surface area contributed by atoms with Crippen molar-refractivity contribution in [3.05, 3.63) is 0 Å².